The van der Waals surface area contributed by atoms with Gasteiger partial charge in [0.15, 0.2) is 5.11 Å². The average Bonchev–Trinajstić information content (AvgIpc) is 3.17. The molecule has 1 N–H and O–H groups in total. The van der Waals surface area contributed by atoms with E-state index in [1.165, 1.54) is 14.2 Å². The van der Waals surface area contributed by atoms with Gasteiger partial charge in [-0.15, -0.1) is 0 Å². The summed E-state index contributed by atoms with van der Waals surface area (Å²) in [4.78, 5) is 28.5. The van der Waals surface area contributed by atoms with Crippen molar-refractivity contribution in [3.8, 4) is 11.8 Å². The second-order valence-corrected chi connectivity index (χ2v) is 5.99. The molecule has 1 aliphatic rings. The highest BCUT2D eigenvalue weighted by molar-refractivity contribution is 7.80. The van der Waals surface area contributed by atoms with Gasteiger partial charge < -0.3 is 19.5 Å². The Morgan fingerprint density at radius 3 is 2.63 bits per heavy atom. The molecule has 2 rings (SSSR count). The van der Waals surface area contributed by atoms with Crippen molar-refractivity contribution in [2.45, 2.75) is 19.8 Å². The van der Waals surface area contributed by atoms with E-state index >= 15 is 0 Å². The molecule has 9 nitrogen and oxygen atoms in total. The Morgan fingerprint density at radius 2 is 1.96 bits per heavy atom. The molecule has 1 aliphatic heterocycles. The molecule has 0 unspecified atom stereocenters. The van der Waals surface area contributed by atoms with E-state index in [2.05, 4.69) is 10.3 Å². The summed E-state index contributed by atoms with van der Waals surface area (Å²) >= 11 is 5.38. The molecule has 0 aliphatic carbocycles. The Balaban J connectivity index is 2.03. The van der Waals surface area contributed by atoms with Crippen molar-refractivity contribution in [2.75, 3.05) is 40.5 Å². The van der Waals surface area contributed by atoms with Crippen molar-refractivity contribution in [2.24, 2.45) is 0 Å². The molecule has 2 heterocycles. The largest absolute Gasteiger partial charge is 0.481 e. The van der Waals surface area contributed by atoms with Gasteiger partial charge in [0.05, 0.1) is 27.2 Å². The van der Waals surface area contributed by atoms with Crippen LogP contribution in [0.2, 0.25) is 0 Å². The van der Waals surface area contributed by atoms with Gasteiger partial charge in [0.1, 0.15) is 5.56 Å². The Labute approximate surface area is 163 Å². The lowest BCUT2D eigenvalue weighted by atomic mass is 10.2. The van der Waals surface area contributed by atoms with Crippen LogP contribution in [0.4, 0.5) is 0 Å². The number of carbonyl (C=O) groups is 2. The van der Waals surface area contributed by atoms with Crippen LogP contribution in [0.15, 0.2) is 12.1 Å². The summed E-state index contributed by atoms with van der Waals surface area (Å²) in [5.74, 6) is -0.0181. The molecule has 1 aromatic heterocycles. The van der Waals surface area contributed by atoms with E-state index in [1.54, 1.807) is 29.1 Å². The minimum atomic E-state index is -0.295. The first-order chi connectivity index (χ1) is 13.0. The van der Waals surface area contributed by atoms with Gasteiger partial charge in [0.25, 0.3) is 5.91 Å². The normalized spacial score (nSPS) is 13.3. The summed E-state index contributed by atoms with van der Waals surface area (Å²) in [6, 6.07) is 3.22. The number of nitrogens with zero attached hydrogens (tertiary/aromatic N) is 3. The summed E-state index contributed by atoms with van der Waals surface area (Å²) in [5.41, 5.74) is 0.319. The number of hydrazine groups is 1. The molecule has 0 aromatic carbocycles. The third-order valence-corrected chi connectivity index (χ3v) is 4.23. The second kappa shape index (κ2) is 9.91. The molecule has 10 heteroatoms. The summed E-state index contributed by atoms with van der Waals surface area (Å²) in [6.45, 7) is 3.56. The zero-order chi connectivity index (χ0) is 19.8. The van der Waals surface area contributed by atoms with Gasteiger partial charge in [0, 0.05) is 25.7 Å². The zero-order valence-corrected chi connectivity index (χ0v) is 16.5. The van der Waals surface area contributed by atoms with Gasteiger partial charge in [-0.25, -0.2) is 5.01 Å². The Morgan fingerprint density at radius 1 is 1.22 bits per heavy atom. The lowest BCUT2D eigenvalue weighted by molar-refractivity contribution is -0.142. The first-order valence-corrected chi connectivity index (χ1v) is 9.04. The van der Waals surface area contributed by atoms with E-state index in [4.69, 9.17) is 26.4 Å². The molecule has 1 saturated heterocycles. The predicted octanol–water partition coefficient (Wildman–Crippen LogP) is 0.989. The highest BCUT2D eigenvalue weighted by atomic mass is 32.1. The van der Waals surface area contributed by atoms with Crippen LogP contribution in [-0.2, 0) is 9.53 Å². The van der Waals surface area contributed by atoms with Gasteiger partial charge in [-0.1, -0.05) is 0 Å². The number of nitrogens with one attached hydrogen (secondary N) is 1. The van der Waals surface area contributed by atoms with Crippen molar-refractivity contribution >= 4 is 29.2 Å². The molecule has 1 aromatic rings. The number of esters is 1. The van der Waals surface area contributed by atoms with Crippen LogP contribution in [0, 0.1) is 0 Å². The van der Waals surface area contributed by atoms with Crippen molar-refractivity contribution in [1.29, 1.82) is 0 Å². The van der Waals surface area contributed by atoms with E-state index in [-0.39, 0.29) is 24.2 Å². The van der Waals surface area contributed by atoms with E-state index in [9.17, 15) is 9.59 Å². The van der Waals surface area contributed by atoms with Crippen molar-refractivity contribution in [1.82, 2.24) is 20.3 Å². The van der Waals surface area contributed by atoms with Crippen LogP contribution in [0.3, 0.4) is 0 Å². The molecule has 27 heavy (non-hydrogen) atoms. The molecule has 1 amide bonds. The van der Waals surface area contributed by atoms with E-state index in [1.807, 2.05) is 0 Å². The third-order valence-electron chi connectivity index (χ3n) is 3.88. The average molecular weight is 396 g/mol. The summed E-state index contributed by atoms with van der Waals surface area (Å²) in [6.07, 6.45) is 0.976. The van der Waals surface area contributed by atoms with E-state index in [0.717, 1.165) is 6.42 Å². The monoisotopic (exact) mass is 396 g/mol. The summed E-state index contributed by atoms with van der Waals surface area (Å²) < 4.78 is 15.2. The smallest absolute Gasteiger partial charge is 0.307 e. The molecule has 0 spiro atoms. The number of thiocarbonyl (C=S) groups is 1. The number of rotatable bonds is 7. The maximum atomic E-state index is 13.0. The molecular weight excluding hydrogens is 372 g/mol. The maximum Gasteiger partial charge on any atom is 0.307 e. The zero-order valence-electron chi connectivity index (χ0n) is 15.7. The number of ether oxygens (including phenoxy) is 3. The molecular formula is C17H24N4O5S. The lowest BCUT2D eigenvalue weighted by Gasteiger charge is -2.30. The Kier molecular flexibility index (Phi) is 7.59. The fourth-order valence-electron chi connectivity index (χ4n) is 2.62. The first-order valence-electron chi connectivity index (χ1n) is 8.63. The molecule has 148 valence electrons. The fraction of sp³-hybridized carbons (Fsp3) is 0.529. The predicted molar refractivity (Wildman–Crippen MR) is 102 cm³/mol. The maximum absolute atomic E-state index is 13.0. The van der Waals surface area contributed by atoms with E-state index in [0.29, 0.717) is 42.8 Å². The van der Waals surface area contributed by atoms with Crippen LogP contribution < -0.4 is 14.8 Å². The minimum absolute atomic E-state index is 0.187. The lowest BCUT2D eigenvalue weighted by Crippen LogP contribution is -2.49. The standard InChI is InChI=1S/C17H24N4O5S/c1-4-26-14(22)8-9-18-17(27)21-11-5-10-20(21)16(23)12-6-7-13(24-2)19-15(12)25-3/h6-7H,4-5,8-11H2,1-3H3,(H,18,27). The highest BCUT2D eigenvalue weighted by Crippen LogP contribution is 2.24. The van der Waals surface area contributed by atoms with E-state index < -0.39 is 0 Å². The molecule has 0 atom stereocenters. The molecule has 0 radical (unpaired) electrons. The van der Waals surface area contributed by atoms with Gasteiger partial charge >= 0.3 is 5.97 Å². The van der Waals surface area contributed by atoms with Crippen LogP contribution in [0.25, 0.3) is 0 Å². The van der Waals surface area contributed by atoms with Crippen LogP contribution in [0.5, 0.6) is 11.8 Å². The van der Waals surface area contributed by atoms with Gasteiger partial charge in [-0.05, 0) is 31.6 Å². The third kappa shape index (κ3) is 5.19. The number of carbonyl (C=O) groups excluding carboxylic acids is 2. The molecule has 1 fully saturated rings. The number of pyridine rings is 1. The number of aromatic nitrogens is 1. The Hall–Kier alpha value is -2.62. The van der Waals surface area contributed by atoms with Crippen LogP contribution in [-0.4, -0.2) is 72.5 Å². The quantitative estimate of drug-likeness (QED) is 0.535. The number of hydrogen-bond acceptors (Lipinski definition) is 7. The second-order valence-electron chi connectivity index (χ2n) is 5.60. The first kappa shape index (κ1) is 20.7. The topological polar surface area (TPSA) is 93.2 Å². The van der Waals surface area contributed by atoms with Crippen molar-refractivity contribution in [3.63, 3.8) is 0 Å². The molecule has 0 bridgehead atoms. The van der Waals surface area contributed by atoms with Gasteiger partial charge in [-0.2, -0.15) is 4.98 Å². The Bertz CT molecular complexity index is 700. The van der Waals surface area contributed by atoms with Crippen LogP contribution in [0.1, 0.15) is 30.1 Å². The van der Waals surface area contributed by atoms with Crippen LogP contribution >= 0.6 is 12.2 Å². The highest BCUT2D eigenvalue weighted by Gasteiger charge is 2.31. The van der Waals surface area contributed by atoms with Crippen molar-refractivity contribution in [3.05, 3.63) is 17.7 Å². The summed E-state index contributed by atoms with van der Waals surface area (Å²) in [5, 5.41) is 6.61. The number of hydrogen-bond donors (Lipinski definition) is 1. The molecule has 0 saturated carbocycles. The summed E-state index contributed by atoms with van der Waals surface area (Å²) in [7, 11) is 2.94. The number of methoxy groups -OCH3 is 2. The van der Waals surface area contributed by atoms with Crippen molar-refractivity contribution < 1.29 is 23.8 Å². The van der Waals surface area contributed by atoms with Gasteiger partial charge in [-0.3, -0.25) is 14.6 Å². The minimum Gasteiger partial charge on any atom is -0.481 e. The number of amides is 1. The van der Waals surface area contributed by atoms with Gasteiger partial charge in [0.2, 0.25) is 11.8 Å². The SMILES string of the molecule is CCOC(=O)CCNC(=S)N1CCCN1C(=O)c1ccc(OC)nc1OC. The fourth-order valence-corrected chi connectivity index (χ4v) is 2.92.